The first kappa shape index (κ1) is 24.2. The van der Waals surface area contributed by atoms with E-state index in [1.54, 1.807) is 17.8 Å². The van der Waals surface area contributed by atoms with Crippen LogP contribution in [0.4, 0.5) is 5.69 Å². The molecule has 0 aliphatic heterocycles. The van der Waals surface area contributed by atoms with Gasteiger partial charge in [-0.25, -0.2) is 4.31 Å². The molecule has 164 valence electrons. The van der Waals surface area contributed by atoms with Crippen molar-refractivity contribution in [3.05, 3.63) is 64.7 Å². The van der Waals surface area contributed by atoms with E-state index in [0.29, 0.717) is 12.2 Å². The van der Waals surface area contributed by atoms with Crippen molar-refractivity contribution in [3.8, 4) is 0 Å². The van der Waals surface area contributed by atoms with E-state index in [2.05, 4.69) is 24.4 Å². The van der Waals surface area contributed by atoms with Crippen LogP contribution >= 0.6 is 11.8 Å². The lowest BCUT2D eigenvalue weighted by atomic mass is 10.1. The highest BCUT2D eigenvalue weighted by Gasteiger charge is 2.28. The van der Waals surface area contributed by atoms with Crippen LogP contribution in [0.15, 0.2) is 42.5 Å². The Kier molecular flexibility index (Phi) is 8.76. The Morgan fingerprint density at radius 1 is 1.03 bits per heavy atom. The van der Waals surface area contributed by atoms with Gasteiger partial charge >= 0.3 is 10.2 Å². The number of carbonyl (C=O) groups excluding carboxylic acids is 1. The number of aryl methyl sites for hydroxylation is 3. The molecule has 0 saturated carbocycles. The minimum Gasteiger partial charge on any atom is -0.354 e. The van der Waals surface area contributed by atoms with E-state index >= 15 is 0 Å². The van der Waals surface area contributed by atoms with Crippen LogP contribution in [0.1, 0.15) is 22.3 Å². The summed E-state index contributed by atoms with van der Waals surface area (Å²) in [6, 6.07) is 13.8. The maximum atomic E-state index is 12.9. The van der Waals surface area contributed by atoms with Crippen LogP contribution in [0.2, 0.25) is 0 Å². The summed E-state index contributed by atoms with van der Waals surface area (Å²) in [4.78, 5) is 12.5. The van der Waals surface area contributed by atoms with Crippen molar-refractivity contribution in [2.45, 2.75) is 26.5 Å². The summed E-state index contributed by atoms with van der Waals surface area (Å²) in [6.45, 7) is 6.05. The second kappa shape index (κ2) is 10.8. The highest BCUT2D eigenvalue weighted by molar-refractivity contribution is 7.98. The van der Waals surface area contributed by atoms with E-state index in [4.69, 9.17) is 0 Å². The number of amides is 1. The summed E-state index contributed by atoms with van der Waals surface area (Å²) in [5.74, 6) is 1.31. The van der Waals surface area contributed by atoms with Gasteiger partial charge in [-0.3, -0.25) is 4.79 Å². The van der Waals surface area contributed by atoms with Gasteiger partial charge in [0.2, 0.25) is 5.91 Å². The van der Waals surface area contributed by atoms with Gasteiger partial charge in [0.25, 0.3) is 0 Å². The number of thioether (sulfide) groups is 1. The highest BCUT2D eigenvalue weighted by atomic mass is 32.2. The first-order valence-electron chi connectivity index (χ1n) is 9.79. The largest absolute Gasteiger partial charge is 0.354 e. The van der Waals surface area contributed by atoms with E-state index in [0.717, 1.165) is 26.9 Å². The predicted molar refractivity (Wildman–Crippen MR) is 126 cm³/mol. The van der Waals surface area contributed by atoms with Crippen LogP contribution in [0.3, 0.4) is 0 Å². The second-order valence-electron chi connectivity index (χ2n) is 7.42. The highest BCUT2D eigenvalue weighted by Crippen LogP contribution is 2.25. The first-order chi connectivity index (χ1) is 14.1. The number of anilines is 1. The summed E-state index contributed by atoms with van der Waals surface area (Å²) >= 11 is 1.74. The monoisotopic (exact) mass is 449 g/mol. The zero-order valence-corrected chi connectivity index (χ0v) is 19.9. The smallest absolute Gasteiger partial charge is 0.304 e. The number of nitrogens with zero attached hydrogens (tertiary/aromatic N) is 2. The molecule has 2 rings (SSSR count). The SMILES string of the molecule is Cc1ccc(C)c(N(CC(=O)NCCSCc2ccccc2C)S(=O)(=O)N(C)C)c1. The van der Waals surface area contributed by atoms with Gasteiger partial charge in [0.1, 0.15) is 6.54 Å². The van der Waals surface area contributed by atoms with Crippen molar-refractivity contribution in [1.82, 2.24) is 9.62 Å². The fraction of sp³-hybridized carbons (Fsp3) is 0.409. The molecule has 1 N–H and O–H groups in total. The van der Waals surface area contributed by atoms with Crippen molar-refractivity contribution >= 4 is 33.6 Å². The van der Waals surface area contributed by atoms with E-state index in [1.165, 1.54) is 29.5 Å². The zero-order valence-electron chi connectivity index (χ0n) is 18.3. The molecule has 0 heterocycles. The lowest BCUT2D eigenvalue weighted by Crippen LogP contribution is -2.46. The molecule has 1 amide bonds. The summed E-state index contributed by atoms with van der Waals surface area (Å²) in [5, 5.41) is 2.84. The number of carbonyl (C=O) groups is 1. The number of benzene rings is 2. The summed E-state index contributed by atoms with van der Waals surface area (Å²) in [6.07, 6.45) is 0. The van der Waals surface area contributed by atoms with Crippen LogP contribution in [0.25, 0.3) is 0 Å². The summed E-state index contributed by atoms with van der Waals surface area (Å²) in [7, 11) is -0.870. The average molecular weight is 450 g/mol. The predicted octanol–water partition coefficient (Wildman–Crippen LogP) is 3.27. The van der Waals surface area contributed by atoms with Crippen molar-refractivity contribution in [3.63, 3.8) is 0 Å². The molecule has 0 spiro atoms. The third-order valence-electron chi connectivity index (χ3n) is 4.75. The van der Waals surface area contributed by atoms with Gasteiger partial charge < -0.3 is 5.32 Å². The number of rotatable bonds is 10. The minimum atomic E-state index is -3.80. The number of hydrogen-bond acceptors (Lipinski definition) is 4. The fourth-order valence-corrected chi connectivity index (χ4v) is 4.93. The van der Waals surface area contributed by atoms with E-state index < -0.39 is 10.2 Å². The Morgan fingerprint density at radius 2 is 1.73 bits per heavy atom. The van der Waals surface area contributed by atoms with Gasteiger partial charge in [-0.2, -0.15) is 24.5 Å². The molecule has 0 aliphatic carbocycles. The zero-order chi connectivity index (χ0) is 22.3. The number of nitrogens with one attached hydrogen (secondary N) is 1. The van der Waals surface area contributed by atoms with Crippen LogP contribution < -0.4 is 9.62 Å². The molecule has 0 unspecified atom stereocenters. The molecule has 0 aromatic heterocycles. The Labute approximate surface area is 184 Å². The Morgan fingerprint density at radius 3 is 2.40 bits per heavy atom. The maximum Gasteiger partial charge on any atom is 0.304 e. The number of hydrogen-bond donors (Lipinski definition) is 1. The van der Waals surface area contributed by atoms with Crippen LogP contribution in [0.5, 0.6) is 0 Å². The Balaban J connectivity index is 1.98. The third kappa shape index (κ3) is 6.48. The summed E-state index contributed by atoms with van der Waals surface area (Å²) in [5.41, 5.74) is 4.79. The quantitative estimate of drug-likeness (QED) is 0.565. The average Bonchev–Trinajstić information content (AvgIpc) is 2.69. The van der Waals surface area contributed by atoms with Crippen molar-refractivity contribution in [2.75, 3.05) is 37.2 Å². The molecule has 30 heavy (non-hydrogen) atoms. The maximum absolute atomic E-state index is 12.9. The van der Waals surface area contributed by atoms with E-state index in [-0.39, 0.29) is 12.5 Å². The van der Waals surface area contributed by atoms with Gasteiger partial charge in [-0.1, -0.05) is 36.4 Å². The van der Waals surface area contributed by atoms with Crippen LogP contribution in [0, 0.1) is 20.8 Å². The molecule has 0 bridgehead atoms. The van der Waals surface area contributed by atoms with E-state index in [1.807, 2.05) is 38.1 Å². The third-order valence-corrected chi connectivity index (χ3v) is 7.56. The van der Waals surface area contributed by atoms with Gasteiger partial charge in [0, 0.05) is 32.1 Å². The minimum absolute atomic E-state index is 0.257. The van der Waals surface area contributed by atoms with Crippen LogP contribution in [-0.2, 0) is 20.8 Å². The van der Waals surface area contributed by atoms with Crippen molar-refractivity contribution in [1.29, 1.82) is 0 Å². The van der Waals surface area contributed by atoms with Gasteiger partial charge in [0.05, 0.1) is 5.69 Å². The van der Waals surface area contributed by atoms with Gasteiger partial charge in [0.15, 0.2) is 0 Å². The molecule has 0 atom stereocenters. The lowest BCUT2D eigenvalue weighted by molar-refractivity contribution is -0.119. The molecule has 8 heteroatoms. The van der Waals surface area contributed by atoms with Gasteiger partial charge in [-0.05, 0) is 49.1 Å². The van der Waals surface area contributed by atoms with Crippen molar-refractivity contribution in [2.24, 2.45) is 0 Å². The van der Waals surface area contributed by atoms with Gasteiger partial charge in [-0.15, -0.1) is 0 Å². The molecule has 2 aromatic carbocycles. The standard InChI is InChI=1S/C22H31N3O3S2/c1-17-10-11-19(3)21(14-17)25(30(27,28)24(4)5)15-22(26)23-12-13-29-16-20-9-7-6-8-18(20)2/h6-11,14H,12-13,15-16H2,1-5H3,(H,23,26). The fourth-order valence-electron chi connectivity index (χ4n) is 2.88. The molecule has 6 nitrogen and oxygen atoms in total. The Bertz CT molecular complexity index is 975. The molecule has 0 radical (unpaired) electrons. The molecule has 0 fully saturated rings. The molecule has 0 aliphatic rings. The van der Waals surface area contributed by atoms with E-state index in [9.17, 15) is 13.2 Å². The summed E-state index contributed by atoms with van der Waals surface area (Å²) < 4.78 is 28.0. The van der Waals surface area contributed by atoms with Crippen molar-refractivity contribution < 1.29 is 13.2 Å². The molecule has 0 saturated heterocycles. The lowest BCUT2D eigenvalue weighted by Gasteiger charge is -2.28. The first-order valence-corrected chi connectivity index (χ1v) is 12.3. The topological polar surface area (TPSA) is 69.7 Å². The Hall–Kier alpha value is -2.03. The second-order valence-corrected chi connectivity index (χ2v) is 10.6. The van der Waals surface area contributed by atoms with Crippen LogP contribution in [-0.4, -0.2) is 51.6 Å². The molecular formula is C22H31N3O3S2. The normalized spacial score (nSPS) is 11.5. The molecular weight excluding hydrogens is 418 g/mol. The molecule has 2 aromatic rings.